The van der Waals surface area contributed by atoms with Crippen molar-refractivity contribution in [3.05, 3.63) is 33.9 Å². The molecule has 1 N–H and O–H groups in total. The Bertz CT molecular complexity index is 639. The second kappa shape index (κ2) is 7.02. The van der Waals surface area contributed by atoms with Crippen LogP contribution in [-0.2, 0) is 9.84 Å². The molecule has 1 aromatic rings. The highest BCUT2D eigenvalue weighted by Gasteiger charge is 2.18. The smallest absolute Gasteiger partial charge is 0.335 e. The van der Waals surface area contributed by atoms with Crippen molar-refractivity contribution in [2.24, 2.45) is 0 Å². The number of carboxylic acid groups (broad SMARTS) is 1. The lowest BCUT2D eigenvalue weighted by Crippen LogP contribution is -2.12. The van der Waals surface area contributed by atoms with Crippen molar-refractivity contribution in [3.8, 4) is 5.75 Å². The van der Waals surface area contributed by atoms with Gasteiger partial charge in [0.15, 0.2) is 5.75 Å². The third-order valence-corrected chi connectivity index (χ3v) is 4.49. The van der Waals surface area contributed by atoms with E-state index in [2.05, 4.69) is 0 Å². The minimum atomic E-state index is -3.11. The summed E-state index contributed by atoms with van der Waals surface area (Å²) < 4.78 is 27.7. The number of aromatic carboxylic acids is 1. The van der Waals surface area contributed by atoms with Crippen LogP contribution in [0.2, 0.25) is 0 Å². The van der Waals surface area contributed by atoms with Crippen LogP contribution in [-0.4, -0.2) is 42.5 Å². The zero-order valence-electron chi connectivity index (χ0n) is 11.3. The summed E-state index contributed by atoms with van der Waals surface area (Å²) >= 11 is 0. The first-order chi connectivity index (χ1) is 9.76. The van der Waals surface area contributed by atoms with E-state index < -0.39 is 26.4 Å². The Hall–Kier alpha value is -2.16. The van der Waals surface area contributed by atoms with E-state index in [0.717, 1.165) is 6.07 Å². The molecule has 0 saturated carbocycles. The number of sulfone groups is 1. The molecule has 1 aromatic carbocycles. The third-order valence-electron chi connectivity index (χ3n) is 2.70. The number of carbonyl (C=O) groups is 1. The lowest BCUT2D eigenvalue weighted by molar-refractivity contribution is -0.385. The summed E-state index contributed by atoms with van der Waals surface area (Å²) in [6, 6.07) is 3.28. The zero-order chi connectivity index (χ0) is 16.0. The van der Waals surface area contributed by atoms with Gasteiger partial charge in [-0.2, -0.15) is 0 Å². The fourth-order valence-corrected chi connectivity index (χ4v) is 2.37. The molecule has 0 aliphatic carbocycles. The van der Waals surface area contributed by atoms with Gasteiger partial charge in [0.25, 0.3) is 0 Å². The highest BCUT2D eigenvalue weighted by Crippen LogP contribution is 2.28. The number of nitrogens with zero attached hydrogens (tertiary/aromatic N) is 1. The number of ether oxygens (including phenoxy) is 1. The van der Waals surface area contributed by atoms with E-state index in [1.54, 1.807) is 0 Å². The highest BCUT2D eigenvalue weighted by molar-refractivity contribution is 7.91. The van der Waals surface area contributed by atoms with E-state index in [1.165, 1.54) is 19.1 Å². The van der Waals surface area contributed by atoms with Crippen LogP contribution in [0.25, 0.3) is 0 Å². The zero-order valence-corrected chi connectivity index (χ0v) is 12.1. The summed E-state index contributed by atoms with van der Waals surface area (Å²) in [5.74, 6) is -1.40. The standard InChI is InChI=1S/C12H15NO7S/c1-2-21(18,19)7-3-6-20-11-5-4-9(12(14)15)8-10(11)13(16)17/h4-5,8H,2-3,6-7H2,1H3,(H,14,15). The van der Waals surface area contributed by atoms with Crippen molar-refractivity contribution >= 4 is 21.5 Å². The monoisotopic (exact) mass is 317 g/mol. The van der Waals surface area contributed by atoms with Gasteiger partial charge in [-0.3, -0.25) is 10.1 Å². The first-order valence-electron chi connectivity index (χ1n) is 6.12. The number of nitro groups is 1. The molecule has 0 aromatic heterocycles. The van der Waals surface area contributed by atoms with Crippen LogP contribution in [0, 0.1) is 10.1 Å². The Morgan fingerprint density at radius 2 is 2.10 bits per heavy atom. The fraction of sp³-hybridized carbons (Fsp3) is 0.417. The molecule has 0 unspecified atom stereocenters. The highest BCUT2D eigenvalue weighted by atomic mass is 32.2. The van der Waals surface area contributed by atoms with Crippen molar-refractivity contribution in [1.82, 2.24) is 0 Å². The van der Waals surface area contributed by atoms with Crippen LogP contribution in [0.4, 0.5) is 5.69 Å². The first kappa shape index (κ1) is 16.9. The van der Waals surface area contributed by atoms with Crippen LogP contribution in [0.5, 0.6) is 5.75 Å². The van der Waals surface area contributed by atoms with E-state index in [4.69, 9.17) is 9.84 Å². The van der Waals surface area contributed by atoms with Crippen LogP contribution in [0.15, 0.2) is 18.2 Å². The van der Waals surface area contributed by atoms with E-state index in [1.807, 2.05) is 0 Å². The van der Waals surface area contributed by atoms with Gasteiger partial charge in [-0.15, -0.1) is 0 Å². The lowest BCUT2D eigenvalue weighted by Gasteiger charge is -2.07. The van der Waals surface area contributed by atoms with E-state index >= 15 is 0 Å². The van der Waals surface area contributed by atoms with Crippen LogP contribution >= 0.6 is 0 Å². The molecule has 0 fully saturated rings. The van der Waals surface area contributed by atoms with Crippen molar-refractivity contribution in [3.63, 3.8) is 0 Å². The molecule has 8 nitrogen and oxygen atoms in total. The summed E-state index contributed by atoms with van der Waals surface area (Å²) in [6.45, 7) is 1.53. The van der Waals surface area contributed by atoms with Crippen LogP contribution in [0.1, 0.15) is 23.7 Å². The molecule has 0 aliphatic rings. The minimum Gasteiger partial charge on any atom is -0.487 e. The Morgan fingerprint density at radius 3 is 2.62 bits per heavy atom. The molecule has 1 rings (SSSR count). The maximum absolute atomic E-state index is 11.3. The normalized spacial score (nSPS) is 11.1. The van der Waals surface area contributed by atoms with Crippen LogP contribution in [0.3, 0.4) is 0 Å². The van der Waals surface area contributed by atoms with Crippen molar-refractivity contribution < 1.29 is 28.0 Å². The van der Waals surface area contributed by atoms with Gasteiger partial charge >= 0.3 is 11.7 Å². The average molecular weight is 317 g/mol. The second-order valence-corrected chi connectivity index (χ2v) is 6.66. The van der Waals surface area contributed by atoms with Gasteiger partial charge in [-0.05, 0) is 18.6 Å². The van der Waals surface area contributed by atoms with E-state index in [9.17, 15) is 23.3 Å². The molecule has 21 heavy (non-hydrogen) atoms. The molecule has 0 bridgehead atoms. The van der Waals surface area contributed by atoms with Gasteiger partial charge in [0, 0.05) is 11.8 Å². The van der Waals surface area contributed by atoms with Crippen LogP contribution < -0.4 is 4.74 Å². The lowest BCUT2D eigenvalue weighted by atomic mass is 10.2. The number of nitro benzene ring substituents is 1. The summed E-state index contributed by atoms with van der Waals surface area (Å²) in [6.07, 6.45) is 0.202. The molecule has 0 saturated heterocycles. The number of hydrogen-bond acceptors (Lipinski definition) is 6. The molecule has 9 heteroatoms. The van der Waals surface area contributed by atoms with Gasteiger partial charge in [0.1, 0.15) is 9.84 Å². The van der Waals surface area contributed by atoms with Crippen molar-refractivity contribution in [2.75, 3.05) is 18.1 Å². The van der Waals surface area contributed by atoms with Crippen molar-refractivity contribution in [1.29, 1.82) is 0 Å². The number of carboxylic acids is 1. The maximum atomic E-state index is 11.3. The first-order valence-corrected chi connectivity index (χ1v) is 7.94. The largest absolute Gasteiger partial charge is 0.487 e. The molecule has 0 aliphatic heterocycles. The molecule has 0 atom stereocenters. The molecule has 0 heterocycles. The predicted molar refractivity (Wildman–Crippen MR) is 74.5 cm³/mol. The second-order valence-electron chi connectivity index (χ2n) is 4.18. The number of rotatable bonds is 8. The van der Waals surface area contributed by atoms with Gasteiger partial charge in [0.2, 0.25) is 0 Å². The summed E-state index contributed by atoms with van der Waals surface area (Å²) in [7, 11) is -3.11. The Kier molecular flexibility index (Phi) is 5.65. The third kappa shape index (κ3) is 5.03. The maximum Gasteiger partial charge on any atom is 0.335 e. The Labute approximate surface area is 121 Å². The quantitative estimate of drug-likeness (QED) is 0.437. The topological polar surface area (TPSA) is 124 Å². The van der Waals surface area contributed by atoms with Gasteiger partial charge in [-0.1, -0.05) is 6.92 Å². The molecule has 116 valence electrons. The average Bonchev–Trinajstić information content (AvgIpc) is 2.43. The number of benzene rings is 1. The Balaban J connectivity index is 2.75. The minimum absolute atomic E-state index is 0.00745. The van der Waals surface area contributed by atoms with E-state index in [-0.39, 0.29) is 35.8 Å². The molecular formula is C12H15NO7S. The summed E-state index contributed by atoms with van der Waals surface area (Å²) in [5, 5.41) is 19.7. The van der Waals surface area contributed by atoms with Gasteiger partial charge < -0.3 is 9.84 Å². The fourth-order valence-electron chi connectivity index (χ4n) is 1.52. The van der Waals surface area contributed by atoms with E-state index in [0.29, 0.717) is 0 Å². The number of hydrogen-bond donors (Lipinski definition) is 1. The van der Waals surface area contributed by atoms with Gasteiger partial charge in [-0.25, -0.2) is 13.2 Å². The molecular weight excluding hydrogens is 302 g/mol. The molecule has 0 amide bonds. The van der Waals surface area contributed by atoms with Crippen molar-refractivity contribution in [2.45, 2.75) is 13.3 Å². The Morgan fingerprint density at radius 1 is 1.43 bits per heavy atom. The molecule has 0 radical (unpaired) electrons. The summed E-state index contributed by atoms with van der Waals surface area (Å²) in [5.41, 5.74) is -0.684. The molecule has 0 spiro atoms. The summed E-state index contributed by atoms with van der Waals surface area (Å²) in [4.78, 5) is 20.9. The van der Waals surface area contributed by atoms with Gasteiger partial charge in [0.05, 0.1) is 22.8 Å². The predicted octanol–water partition coefficient (Wildman–Crippen LogP) is 1.50. The SMILES string of the molecule is CCS(=O)(=O)CCCOc1ccc(C(=O)O)cc1[N+](=O)[O-].